The molecule has 1 saturated carbocycles. The van der Waals surface area contributed by atoms with Crippen molar-refractivity contribution in [2.45, 2.75) is 31.6 Å². The van der Waals surface area contributed by atoms with Gasteiger partial charge in [-0.3, -0.25) is 4.98 Å². The summed E-state index contributed by atoms with van der Waals surface area (Å²) in [4.78, 5) is 21.9. The van der Waals surface area contributed by atoms with Gasteiger partial charge in [-0.1, -0.05) is 54.4 Å². The second kappa shape index (κ2) is 7.73. The Kier molecular flexibility index (Phi) is 5.21. The first kappa shape index (κ1) is 16.2. The molecule has 3 rings (SSSR count). The average molecular weight is 323 g/mol. The average Bonchev–Trinajstić information content (AvgIpc) is 3.15. The van der Waals surface area contributed by atoms with E-state index in [0.717, 1.165) is 31.2 Å². The molecule has 0 saturated heterocycles. The van der Waals surface area contributed by atoms with Crippen molar-refractivity contribution in [3.8, 4) is 0 Å². The fourth-order valence-electron chi connectivity index (χ4n) is 3.26. The van der Waals surface area contributed by atoms with Crippen LogP contribution in [0.2, 0.25) is 0 Å². The van der Waals surface area contributed by atoms with E-state index in [9.17, 15) is 4.79 Å². The van der Waals surface area contributed by atoms with Crippen LogP contribution in [0.25, 0.3) is 0 Å². The Hall–Kier alpha value is -2.69. The fraction of sp³-hybridized carbons (Fsp3) is 0.316. The van der Waals surface area contributed by atoms with E-state index >= 15 is 0 Å². The highest BCUT2D eigenvalue weighted by atomic mass is 16.7. The largest absolute Gasteiger partial charge is 0.379 e. The number of pyridine rings is 1. The maximum absolute atomic E-state index is 12.7. The second-order valence-corrected chi connectivity index (χ2v) is 6.03. The Balaban J connectivity index is 1.76. The molecule has 0 aliphatic heterocycles. The summed E-state index contributed by atoms with van der Waals surface area (Å²) in [6, 6.07) is 15.1. The van der Waals surface area contributed by atoms with Crippen LogP contribution >= 0.6 is 0 Å². The molecule has 0 bridgehead atoms. The number of hydrogen-bond acceptors (Lipinski definition) is 4. The lowest BCUT2D eigenvalue weighted by Crippen LogP contribution is -2.23. The van der Waals surface area contributed by atoms with Gasteiger partial charge in [-0.25, -0.2) is 4.79 Å². The van der Waals surface area contributed by atoms with Crippen molar-refractivity contribution < 1.29 is 9.63 Å². The number of hydrogen-bond donors (Lipinski definition) is 1. The van der Waals surface area contributed by atoms with Crippen molar-refractivity contribution in [1.82, 2.24) is 4.98 Å². The van der Waals surface area contributed by atoms with Gasteiger partial charge in [-0.2, -0.15) is 0 Å². The molecule has 0 spiro atoms. The predicted octanol–water partition coefficient (Wildman–Crippen LogP) is 3.22. The molecule has 1 aliphatic carbocycles. The second-order valence-electron chi connectivity index (χ2n) is 6.03. The predicted molar refractivity (Wildman–Crippen MR) is 92.2 cm³/mol. The van der Waals surface area contributed by atoms with Crippen LogP contribution < -0.4 is 5.73 Å². The molecule has 124 valence electrons. The monoisotopic (exact) mass is 323 g/mol. The Morgan fingerprint density at radius 3 is 2.50 bits per heavy atom. The molecule has 1 heterocycles. The normalized spacial score (nSPS) is 16.8. The lowest BCUT2D eigenvalue weighted by atomic mass is 9.85. The van der Waals surface area contributed by atoms with Crippen LogP contribution in [-0.2, 0) is 9.63 Å². The summed E-state index contributed by atoms with van der Waals surface area (Å²) in [7, 11) is 0. The number of benzene rings is 1. The highest BCUT2D eigenvalue weighted by molar-refractivity contribution is 5.95. The van der Waals surface area contributed by atoms with Gasteiger partial charge in [-0.15, -0.1) is 0 Å². The molecular weight excluding hydrogens is 302 g/mol. The van der Waals surface area contributed by atoms with Crippen molar-refractivity contribution in [3.63, 3.8) is 0 Å². The van der Waals surface area contributed by atoms with E-state index in [-0.39, 0.29) is 17.7 Å². The Morgan fingerprint density at radius 1 is 1.12 bits per heavy atom. The first-order chi connectivity index (χ1) is 11.8. The zero-order chi connectivity index (χ0) is 16.8. The van der Waals surface area contributed by atoms with Gasteiger partial charge in [0, 0.05) is 6.20 Å². The van der Waals surface area contributed by atoms with E-state index in [2.05, 4.69) is 10.1 Å². The van der Waals surface area contributed by atoms with Gasteiger partial charge in [0.2, 0.25) is 0 Å². The Morgan fingerprint density at radius 2 is 1.83 bits per heavy atom. The summed E-state index contributed by atoms with van der Waals surface area (Å²) >= 11 is 0. The van der Waals surface area contributed by atoms with Crippen LogP contribution in [0.1, 0.15) is 42.9 Å². The van der Waals surface area contributed by atoms with Crippen LogP contribution in [-0.4, -0.2) is 16.8 Å². The van der Waals surface area contributed by atoms with E-state index in [1.54, 1.807) is 24.4 Å². The Labute approximate surface area is 141 Å². The summed E-state index contributed by atoms with van der Waals surface area (Å²) in [5, 5.41) is 3.79. The Bertz CT molecular complexity index is 695. The minimum atomic E-state index is -0.355. The van der Waals surface area contributed by atoms with Gasteiger partial charge in [0.15, 0.2) is 5.84 Å². The number of nitrogens with two attached hydrogens (primary N) is 1. The van der Waals surface area contributed by atoms with Crippen molar-refractivity contribution in [2.24, 2.45) is 16.8 Å². The third-order valence-corrected chi connectivity index (χ3v) is 4.45. The van der Waals surface area contributed by atoms with E-state index in [1.807, 2.05) is 30.3 Å². The molecule has 1 unspecified atom stereocenters. The summed E-state index contributed by atoms with van der Waals surface area (Å²) in [6.45, 7) is 0. The zero-order valence-electron chi connectivity index (χ0n) is 13.5. The highest BCUT2D eigenvalue weighted by Gasteiger charge is 2.33. The quantitative estimate of drug-likeness (QED) is 0.397. The number of aromatic nitrogens is 1. The minimum Gasteiger partial charge on any atom is -0.379 e. The molecule has 24 heavy (non-hydrogen) atoms. The van der Waals surface area contributed by atoms with Crippen molar-refractivity contribution in [1.29, 1.82) is 0 Å². The van der Waals surface area contributed by atoms with Crippen LogP contribution in [0, 0.1) is 5.92 Å². The van der Waals surface area contributed by atoms with E-state index < -0.39 is 0 Å². The third kappa shape index (κ3) is 3.79. The van der Waals surface area contributed by atoms with Gasteiger partial charge in [0.05, 0.1) is 5.92 Å². The summed E-state index contributed by atoms with van der Waals surface area (Å²) in [5.74, 6) is -0.255. The van der Waals surface area contributed by atoms with Crippen LogP contribution in [0.5, 0.6) is 0 Å². The van der Waals surface area contributed by atoms with E-state index in [4.69, 9.17) is 10.6 Å². The molecule has 5 heteroatoms. The maximum Gasteiger partial charge on any atom is 0.342 e. The number of nitrogens with zero attached hydrogens (tertiary/aromatic N) is 2. The first-order valence-electron chi connectivity index (χ1n) is 8.26. The van der Waals surface area contributed by atoms with Gasteiger partial charge in [0.1, 0.15) is 5.69 Å². The van der Waals surface area contributed by atoms with Gasteiger partial charge >= 0.3 is 5.97 Å². The van der Waals surface area contributed by atoms with E-state index in [1.165, 1.54) is 0 Å². The molecule has 1 aliphatic rings. The van der Waals surface area contributed by atoms with Crippen LogP contribution in [0.3, 0.4) is 0 Å². The standard InChI is InChI=1S/C19H21N3O2/c20-18(16-12-6-7-13-21-16)22-24-19(23)17(15-10-4-5-11-15)14-8-2-1-3-9-14/h1-3,6-9,12-13,15,17H,4-5,10-11H2,(H2,20,22). The highest BCUT2D eigenvalue weighted by Crippen LogP contribution is 2.38. The van der Waals surface area contributed by atoms with Gasteiger partial charge in [-0.05, 0) is 36.5 Å². The van der Waals surface area contributed by atoms with Crippen molar-refractivity contribution in [3.05, 3.63) is 66.0 Å². The smallest absolute Gasteiger partial charge is 0.342 e. The molecule has 0 radical (unpaired) electrons. The number of oxime groups is 1. The van der Waals surface area contributed by atoms with Gasteiger partial charge in [0.25, 0.3) is 0 Å². The molecule has 2 aromatic rings. The maximum atomic E-state index is 12.7. The molecule has 5 nitrogen and oxygen atoms in total. The van der Waals surface area contributed by atoms with Crippen LogP contribution in [0.4, 0.5) is 0 Å². The first-order valence-corrected chi connectivity index (χ1v) is 8.26. The number of amidine groups is 1. The number of carbonyl (C=O) groups is 1. The zero-order valence-corrected chi connectivity index (χ0v) is 13.5. The minimum absolute atomic E-state index is 0.0992. The fourth-order valence-corrected chi connectivity index (χ4v) is 3.26. The molecule has 1 atom stereocenters. The van der Waals surface area contributed by atoms with E-state index in [0.29, 0.717) is 11.6 Å². The molecule has 0 amide bonds. The summed E-state index contributed by atoms with van der Waals surface area (Å²) in [5.41, 5.74) is 7.31. The SMILES string of the molecule is N/C(=N\OC(=O)C(c1ccccc1)C1CCCC1)c1ccccn1. The van der Waals surface area contributed by atoms with Crippen molar-refractivity contribution in [2.75, 3.05) is 0 Å². The molecule has 1 aromatic heterocycles. The lowest BCUT2D eigenvalue weighted by Gasteiger charge is -2.20. The summed E-state index contributed by atoms with van der Waals surface area (Å²) < 4.78 is 0. The van der Waals surface area contributed by atoms with Crippen LogP contribution in [0.15, 0.2) is 59.9 Å². The third-order valence-electron chi connectivity index (χ3n) is 4.45. The van der Waals surface area contributed by atoms with Crippen molar-refractivity contribution >= 4 is 11.8 Å². The topological polar surface area (TPSA) is 77.6 Å². The lowest BCUT2D eigenvalue weighted by molar-refractivity contribution is -0.147. The molecule has 1 aromatic carbocycles. The molecule has 2 N–H and O–H groups in total. The van der Waals surface area contributed by atoms with Gasteiger partial charge < -0.3 is 10.6 Å². The summed E-state index contributed by atoms with van der Waals surface area (Å²) in [6.07, 6.45) is 5.99. The molecular formula is C19H21N3O2. The number of carbonyl (C=O) groups excluding carboxylic acids is 1. The molecule has 1 fully saturated rings. The number of rotatable bonds is 5.